The van der Waals surface area contributed by atoms with E-state index in [2.05, 4.69) is 21.2 Å². The van der Waals surface area contributed by atoms with Crippen LogP contribution in [0.4, 0.5) is 5.69 Å². The van der Waals surface area contributed by atoms with Crippen molar-refractivity contribution in [2.24, 2.45) is 0 Å². The SMILES string of the molecule is O=C(O)C=C1C(=O)Nc2ccc(Br)cc21. The lowest BCUT2D eigenvalue weighted by Gasteiger charge is -1.97. The number of benzene rings is 1. The largest absolute Gasteiger partial charge is 0.478 e. The maximum Gasteiger partial charge on any atom is 0.329 e. The summed E-state index contributed by atoms with van der Waals surface area (Å²) >= 11 is 3.26. The molecule has 0 aliphatic carbocycles. The molecule has 76 valence electrons. The van der Waals surface area contributed by atoms with Crippen LogP contribution in [0.5, 0.6) is 0 Å². The lowest BCUT2D eigenvalue weighted by atomic mass is 10.1. The van der Waals surface area contributed by atoms with Crippen molar-refractivity contribution in [3.8, 4) is 0 Å². The van der Waals surface area contributed by atoms with Crippen LogP contribution in [0.15, 0.2) is 28.7 Å². The molecular weight excluding hydrogens is 262 g/mol. The minimum absolute atomic E-state index is 0.179. The van der Waals surface area contributed by atoms with Gasteiger partial charge in [0.2, 0.25) is 0 Å². The Labute approximate surface area is 93.7 Å². The molecule has 15 heavy (non-hydrogen) atoms. The summed E-state index contributed by atoms with van der Waals surface area (Å²) in [4.78, 5) is 21.9. The number of carboxylic acids is 1. The lowest BCUT2D eigenvalue weighted by molar-refractivity contribution is -0.131. The molecular formula is C10H6BrNO3. The molecule has 0 bridgehead atoms. The maximum atomic E-state index is 11.4. The molecule has 1 aliphatic rings. The predicted octanol–water partition coefficient (Wildman–Crippen LogP) is 1.87. The maximum absolute atomic E-state index is 11.4. The van der Waals surface area contributed by atoms with E-state index in [1.807, 2.05) is 0 Å². The van der Waals surface area contributed by atoms with E-state index in [9.17, 15) is 9.59 Å². The fraction of sp³-hybridized carbons (Fsp3) is 0. The summed E-state index contributed by atoms with van der Waals surface area (Å²) in [5.74, 6) is -1.52. The van der Waals surface area contributed by atoms with Gasteiger partial charge in [0.15, 0.2) is 0 Å². The molecule has 0 saturated carbocycles. The van der Waals surface area contributed by atoms with Gasteiger partial charge in [0.1, 0.15) is 0 Å². The number of carbonyl (C=O) groups is 2. The Hall–Kier alpha value is -1.62. The summed E-state index contributed by atoms with van der Waals surface area (Å²) in [7, 11) is 0. The molecule has 5 heteroatoms. The fourth-order valence-electron chi connectivity index (χ4n) is 1.43. The minimum Gasteiger partial charge on any atom is -0.478 e. The van der Waals surface area contributed by atoms with Crippen LogP contribution < -0.4 is 5.32 Å². The van der Waals surface area contributed by atoms with Gasteiger partial charge in [0.05, 0.1) is 5.57 Å². The van der Waals surface area contributed by atoms with Gasteiger partial charge in [-0.25, -0.2) is 4.79 Å². The molecule has 0 aromatic heterocycles. The monoisotopic (exact) mass is 267 g/mol. The number of amides is 1. The number of halogens is 1. The van der Waals surface area contributed by atoms with E-state index in [1.165, 1.54) is 0 Å². The zero-order chi connectivity index (χ0) is 11.0. The van der Waals surface area contributed by atoms with Crippen molar-refractivity contribution >= 4 is 39.1 Å². The molecule has 0 spiro atoms. The Kier molecular flexibility index (Phi) is 2.32. The highest BCUT2D eigenvalue weighted by atomic mass is 79.9. The standard InChI is InChI=1S/C10H6BrNO3/c11-5-1-2-8-6(3-5)7(4-9(13)14)10(15)12-8/h1-4H,(H,12,15)(H,13,14). The topological polar surface area (TPSA) is 66.4 Å². The Morgan fingerprint density at radius 1 is 1.47 bits per heavy atom. The van der Waals surface area contributed by atoms with Crippen LogP contribution in [0.2, 0.25) is 0 Å². The molecule has 4 nitrogen and oxygen atoms in total. The van der Waals surface area contributed by atoms with E-state index in [-0.39, 0.29) is 11.5 Å². The Morgan fingerprint density at radius 2 is 2.20 bits per heavy atom. The number of carboxylic acid groups (broad SMARTS) is 1. The number of carbonyl (C=O) groups excluding carboxylic acids is 1. The fourth-order valence-corrected chi connectivity index (χ4v) is 1.79. The Bertz CT molecular complexity index is 493. The van der Waals surface area contributed by atoms with Crippen LogP contribution in [0.25, 0.3) is 5.57 Å². The van der Waals surface area contributed by atoms with Gasteiger partial charge in [0, 0.05) is 21.8 Å². The molecule has 0 unspecified atom stereocenters. The van der Waals surface area contributed by atoms with E-state index >= 15 is 0 Å². The molecule has 0 saturated heterocycles. The lowest BCUT2D eigenvalue weighted by Crippen LogP contribution is -2.05. The molecule has 1 amide bonds. The zero-order valence-corrected chi connectivity index (χ0v) is 9.04. The first-order valence-corrected chi connectivity index (χ1v) is 4.93. The van der Waals surface area contributed by atoms with E-state index in [0.717, 1.165) is 10.5 Å². The highest BCUT2D eigenvalue weighted by Crippen LogP contribution is 2.33. The normalized spacial score (nSPS) is 16.3. The van der Waals surface area contributed by atoms with Gasteiger partial charge in [-0.1, -0.05) is 15.9 Å². The molecule has 1 aromatic carbocycles. The second-order valence-electron chi connectivity index (χ2n) is 3.04. The van der Waals surface area contributed by atoms with Gasteiger partial charge < -0.3 is 10.4 Å². The van der Waals surface area contributed by atoms with Crippen LogP contribution in [0.3, 0.4) is 0 Å². The number of nitrogens with one attached hydrogen (secondary N) is 1. The third-order valence-corrected chi connectivity index (χ3v) is 2.53. The predicted molar refractivity (Wildman–Crippen MR) is 58.4 cm³/mol. The second kappa shape index (κ2) is 3.51. The number of hydrogen-bond donors (Lipinski definition) is 2. The summed E-state index contributed by atoms with van der Waals surface area (Å²) in [6.45, 7) is 0. The first-order chi connectivity index (χ1) is 7.08. The summed E-state index contributed by atoms with van der Waals surface area (Å²) in [5, 5.41) is 11.2. The Balaban J connectivity index is 2.58. The molecule has 0 fully saturated rings. The van der Waals surface area contributed by atoms with Crippen molar-refractivity contribution in [1.82, 2.24) is 0 Å². The van der Waals surface area contributed by atoms with E-state index in [1.54, 1.807) is 18.2 Å². The van der Waals surface area contributed by atoms with Crippen molar-refractivity contribution < 1.29 is 14.7 Å². The minimum atomic E-state index is -1.13. The average molecular weight is 268 g/mol. The summed E-state index contributed by atoms with van der Waals surface area (Å²) in [6.07, 6.45) is 0.910. The quantitative estimate of drug-likeness (QED) is 0.764. The van der Waals surface area contributed by atoms with Crippen LogP contribution in [0, 0.1) is 0 Å². The molecule has 1 heterocycles. The van der Waals surface area contributed by atoms with Crippen molar-refractivity contribution in [3.63, 3.8) is 0 Å². The van der Waals surface area contributed by atoms with Crippen molar-refractivity contribution in [1.29, 1.82) is 0 Å². The summed E-state index contributed by atoms with van der Waals surface area (Å²) in [5.41, 5.74) is 1.42. The first kappa shape index (κ1) is 9.92. The van der Waals surface area contributed by atoms with E-state index < -0.39 is 5.97 Å². The molecule has 0 radical (unpaired) electrons. The molecule has 0 atom stereocenters. The average Bonchev–Trinajstić information content (AvgIpc) is 2.43. The first-order valence-electron chi connectivity index (χ1n) is 4.14. The number of rotatable bonds is 1. The van der Waals surface area contributed by atoms with E-state index in [4.69, 9.17) is 5.11 Å². The van der Waals surface area contributed by atoms with Gasteiger partial charge in [-0.15, -0.1) is 0 Å². The highest BCUT2D eigenvalue weighted by Gasteiger charge is 2.24. The molecule has 2 N–H and O–H groups in total. The smallest absolute Gasteiger partial charge is 0.329 e. The molecule has 1 aliphatic heterocycles. The summed E-state index contributed by atoms with van der Waals surface area (Å²) in [6, 6.07) is 5.21. The van der Waals surface area contributed by atoms with Crippen LogP contribution in [-0.4, -0.2) is 17.0 Å². The van der Waals surface area contributed by atoms with Crippen LogP contribution in [0.1, 0.15) is 5.56 Å². The highest BCUT2D eigenvalue weighted by molar-refractivity contribution is 9.10. The third-order valence-electron chi connectivity index (χ3n) is 2.03. The summed E-state index contributed by atoms with van der Waals surface area (Å²) < 4.78 is 0.800. The Morgan fingerprint density at radius 3 is 2.87 bits per heavy atom. The molecule has 1 aromatic rings. The second-order valence-corrected chi connectivity index (χ2v) is 3.96. The van der Waals surface area contributed by atoms with Crippen LogP contribution >= 0.6 is 15.9 Å². The van der Waals surface area contributed by atoms with Gasteiger partial charge in [-0.05, 0) is 18.2 Å². The number of anilines is 1. The van der Waals surface area contributed by atoms with E-state index in [0.29, 0.717) is 11.3 Å². The van der Waals surface area contributed by atoms with Crippen LogP contribution in [-0.2, 0) is 9.59 Å². The van der Waals surface area contributed by atoms with Gasteiger partial charge in [-0.2, -0.15) is 0 Å². The zero-order valence-electron chi connectivity index (χ0n) is 7.45. The number of aliphatic carboxylic acids is 1. The number of fused-ring (bicyclic) bond motifs is 1. The number of hydrogen-bond acceptors (Lipinski definition) is 2. The van der Waals surface area contributed by atoms with Crippen molar-refractivity contribution in [2.75, 3.05) is 5.32 Å². The van der Waals surface area contributed by atoms with Gasteiger partial charge >= 0.3 is 5.97 Å². The van der Waals surface area contributed by atoms with Gasteiger partial charge in [0.25, 0.3) is 5.91 Å². The van der Waals surface area contributed by atoms with Crippen molar-refractivity contribution in [3.05, 3.63) is 34.3 Å². The van der Waals surface area contributed by atoms with Gasteiger partial charge in [-0.3, -0.25) is 4.79 Å². The molecule has 2 rings (SSSR count). The van der Waals surface area contributed by atoms with Crippen molar-refractivity contribution in [2.45, 2.75) is 0 Å². The third kappa shape index (κ3) is 1.78.